The SMILES string of the molecule is CC[C@@H](C=NC(C)(C)C)[P+](C)(C(C)C)C(C)C. The Labute approximate surface area is 110 Å². The van der Waals surface area contributed by atoms with Crippen LogP contribution in [0.3, 0.4) is 0 Å². The van der Waals surface area contributed by atoms with E-state index in [0.29, 0.717) is 5.66 Å². The molecule has 0 aromatic carbocycles. The summed E-state index contributed by atoms with van der Waals surface area (Å²) < 4.78 is 0. The van der Waals surface area contributed by atoms with Crippen molar-refractivity contribution >= 4 is 13.5 Å². The van der Waals surface area contributed by atoms with E-state index in [-0.39, 0.29) is 5.54 Å². The van der Waals surface area contributed by atoms with Gasteiger partial charge in [-0.25, -0.2) is 0 Å². The monoisotopic (exact) mass is 258 g/mol. The molecule has 1 atom stereocenters. The lowest BCUT2D eigenvalue weighted by Crippen LogP contribution is -2.28. The molecule has 0 aromatic heterocycles. The van der Waals surface area contributed by atoms with Gasteiger partial charge in [0.15, 0.2) is 0 Å². The topological polar surface area (TPSA) is 12.4 Å². The van der Waals surface area contributed by atoms with Crippen LogP contribution in [0.15, 0.2) is 4.99 Å². The first-order valence-electron chi connectivity index (χ1n) is 6.96. The van der Waals surface area contributed by atoms with Gasteiger partial charge in [-0.15, -0.1) is 0 Å². The van der Waals surface area contributed by atoms with E-state index in [2.05, 4.69) is 68.3 Å². The summed E-state index contributed by atoms with van der Waals surface area (Å²) >= 11 is 0. The van der Waals surface area contributed by atoms with E-state index in [4.69, 9.17) is 4.99 Å². The van der Waals surface area contributed by atoms with Crippen molar-refractivity contribution in [3.63, 3.8) is 0 Å². The zero-order valence-electron chi connectivity index (χ0n) is 13.4. The van der Waals surface area contributed by atoms with E-state index in [1.807, 2.05) is 0 Å². The molecule has 0 rings (SSSR count). The molecular weight excluding hydrogens is 225 g/mol. The van der Waals surface area contributed by atoms with E-state index in [9.17, 15) is 0 Å². The van der Waals surface area contributed by atoms with Crippen molar-refractivity contribution in [2.75, 3.05) is 6.66 Å². The van der Waals surface area contributed by atoms with Crippen LogP contribution in [0.4, 0.5) is 0 Å². The van der Waals surface area contributed by atoms with Crippen LogP contribution in [0.25, 0.3) is 0 Å². The Morgan fingerprint density at radius 1 is 1.06 bits per heavy atom. The van der Waals surface area contributed by atoms with E-state index >= 15 is 0 Å². The normalized spacial score (nSPS) is 16.2. The molecule has 0 spiro atoms. The molecule has 0 amide bonds. The molecular formula is C15H33NP+. The van der Waals surface area contributed by atoms with Crippen LogP contribution in [0.2, 0.25) is 0 Å². The molecule has 0 saturated carbocycles. The minimum Gasteiger partial charge on any atom is -0.288 e. The second-order valence-corrected chi connectivity index (χ2v) is 12.0. The predicted octanol–water partition coefficient (Wildman–Crippen LogP) is 5.10. The lowest BCUT2D eigenvalue weighted by molar-refractivity contribution is 0.584. The molecule has 17 heavy (non-hydrogen) atoms. The predicted molar refractivity (Wildman–Crippen MR) is 85.4 cm³/mol. The Kier molecular flexibility index (Phi) is 6.36. The Bertz CT molecular complexity index is 240. The molecule has 102 valence electrons. The van der Waals surface area contributed by atoms with E-state index in [1.165, 1.54) is 6.42 Å². The Morgan fingerprint density at radius 3 is 1.71 bits per heavy atom. The summed E-state index contributed by atoms with van der Waals surface area (Å²) in [6, 6.07) is 0. The fourth-order valence-corrected chi connectivity index (χ4v) is 6.18. The fourth-order valence-electron chi connectivity index (χ4n) is 2.31. The Morgan fingerprint density at radius 2 is 1.47 bits per heavy atom. The van der Waals surface area contributed by atoms with Crippen LogP contribution in [0, 0.1) is 0 Å². The van der Waals surface area contributed by atoms with Crippen LogP contribution in [-0.2, 0) is 0 Å². The molecule has 0 aromatic rings. The van der Waals surface area contributed by atoms with Gasteiger partial charge in [0.1, 0.15) is 5.66 Å². The van der Waals surface area contributed by atoms with Gasteiger partial charge in [0.2, 0.25) is 0 Å². The van der Waals surface area contributed by atoms with Crippen molar-refractivity contribution in [2.24, 2.45) is 4.99 Å². The number of rotatable bonds is 5. The van der Waals surface area contributed by atoms with Crippen LogP contribution >= 0.6 is 7.26 Å². The molecule has 0 saturated heterocycles. The first-order chi connectivity index (χ1) is 7.55. The van der Waals surface area contributed by atoms with Gasteiger partial charge >= 0.3 is 0 Å². The van der Waals surface area contributed by atoms with Crippen molar-refractivity contribution < 1.29 is 0 Å². The van der Waals surface area contributed by atoms with Crippen molar-refractivity contribution in [1.29, 1.82) is 0 Å². The van der Waals surface area contributed by atoms with Gasteiger partial charge in [0.05, 0.1) is 23.5 Å². The summed E-state index contributed by atoms with van der Waals surface area (Å²) in [5.74, 6) is 0. The van der Waals surface area contributed by atoms with Gasteiger partial charge < -0.3 is 0 Å². The van der Waals surface area contributed by atoms with Crippen molar-refractivity contribution in [1.82, 2.24) is 0 Å². The van der Waals surface area contributed by atoms with Gasteiger partial charge in [-0.1, -0.05) is 6.92 Å². The summed E-state index contributed by atoms with van der Waals surface area (Å²) in [6.45, 7) is 20.9. The fraction of sp³-hybridized carbons (Fsp3) is 0.933. The zero-order valence-corrected chi connectivity index (χ0v) is 14.3. The zero-order chi connectivity index (χ0) is 13.9. The highest BCUT2D eigenvalue weighted by Crippen LogP contribution is 2.67. The second-order valence-electron chi connectivity index (χ2n) is 6.83. The van der Waals surface area contributed by atoms with E-state index in [1.54, 1.807) is 0 Å². The molecule has 1 nitrogen and oxygen atoms in total. The molecule has 0 fully saturated rings. The summed E-state index contributed by atoms with van der Waals surface area (Å²) in [4.78, 5) is 4.76. The summed E-state index contributed by atoms with van der Waals surface area (Å²) in [5.41, 5.74) is 2.33. The first kappa shape index (κ1) is 17.1. The number of hydrogen-bond donors (Lipinski definition) is 0. The molecule has 0 aliphatic heterocycles. The molecule has 0 aliphatic rings. The highest BCUT2D eigenvalue weighted by Gasteiger charge is 2.45. The molecule has 0 radical (unpaired) electrons. The third kappa shape index (κ3) is 4.70. The Balaban J connectivity index is 5.14. The largest absolute Gasteiger partial charge is 0.288 e. The summed E-state index contributed by atoms with van der Waals surface area (Å²) in [5, 5.41) is 0. The highest BCUT2D eigenvalue weighted by molar-refractivity contribution is 7.77. The molecule has 0 N–H and O–H groups in total. The second kappa shape index (κ2) is 6.32. The first-order valence-corrected chi connectivity index (χ1v) is 9.41. The van der Waals surface area contributed by atoms with Gasteiger partial charge in [-0.2, -0.15) is 0 Å². The molecule has 0 heterocycles. The van der Waals surface area contributed by atoms with Crippen molar-refractivity contribution in [3.8, 4) is 0 Å². The molecule has 0 unspecified atom stereocenters. The van der Waals surface area contributed by atoms with Crippen molar-refractivity contribution in [3.05, 3.63) is 0 Å². The number of aliphatic imine (C=N–C) groups is 1. The summed E-state index contributed by atoms with van der Waals surface area (Å²) in [7, 11) is -0.959. The molecule has 2 heteroatoms. The van der Waals surface area contributed by atoms with Gasteiger partial charge in [0, 0.05) is 13.5 Å². The quantitative estimate of drug-likeness (QED) is 0.480. The lowest BCUT2D eigenvalue weighted by Gasteiger charge is -2.36. The van der Waals surface area contributed by atoms with Crippen LogP contribution < -0.4 is 0 Å². The minimum atomic E-state index is -0.959. The Hall–Kier alpha value is 0.100. The maximum absolute atomic E-state index is 4.76. The third-order valence-corrected chi connectivity index (χ3v) is 10.4. The van der Waals surface area contributed by atoms with Gasteiger partial charge in [-0.05, 0) is 54.9 Å². The average molecular weight is 258 g/mol. The smallest absolute Gasteiger partial charge is 0.104 e. The van der Waals surface area contributed by atoms with Crippen LogP contribution in [-0.4, -0.2) is 35.4 Å². The summed E-state index contributed by atoms with van der Waals surface area (Å²) in [6.07, 6.45) is 3.49. The highest BCUT2D eigenvalue weighted by atomic mass is 31.2. The van der Waals surface area contributed by atoms with Gasteiger partial charge in [-0.3, -0.25) is 4.99 Å². The van der Waals surface area contributed by atoms with E-state index in [0.717, 1.165) is 11.3 Å². The minimum absolute atomic E-state index is 0.0617. The van der Waals surface area contributed by atoms with E-state index < -0.39 is 7.26 Å². The van der Waals surface area contributed by atoms with Gasteiger partial charge in [0.25, 0.3) is 0 Å². The molecule has 0 aliphatic carbocycles. The van der Waals surface area contributed by atoms with Crippen molar-refractivity contribution in [2.45, 2.75) is 84.3 Å². The molecule has 0 bridgehead atoms. The standard InChI is InChI=1S/C15H33NP/c1-10-14(11-16-15(6,7)8)17(9,12(2)3)13(4)5/h11-14H,10H2,1-9H3/q+1/t14-/m0/s1. The lowest BCUT2D eigenvalue weighted by atomic mass is 10.1. The number of nitrogens with zero attached hydrogens (tertiary/aromatic N) is 1. The maximum atomic E-state index is 4.76. The number of hydrogen-bond acceptors (Lipinski definition) is 1. The van der Waals surface area contributed by atoms with Crippen LogP contribution in [0.1, 0.15) is 61.8 Å². The maximum Gasteiger partial charge on any atom is 0.104 e. The average Bonchev–Trinajstić information content (AvgIpc) is 2.15. The van der Waals surface area contributed by atoms with Crippen LogP contribution in [0.5, 0.6) is 0 Å². The third-order valence-electron chi connectivity index (χ3n) is 3.99.